The SMILES string of the molecule is CCO.Cc1ccc(NC(=O)N2C3CCC[C@@H]2C3)cc1-c1ccccn1. The number of aliphatic hydroxyl groups is 1. The summed E-state index contributed by atoms with van der Waals surface area (Å²) in [6.45, 7) is 4.00. The maximum absolute atomic E-state index is 12.5. The number of nitrogens with zero attached hydrogens (tertiary/aromatic N) is 2. The van der Waals surface area contributed by atoms with Crippen LogP contribution < -0.4 is 5.32 Å². The van der Waals surface area contributed by atoms with Gasteiger partial charge in [0.05, 0.1) is 5.69 Å². The van der Waals surface area contributed by atoms with Gasteiger partial charge in [0.2, 0.25) is 0 Å². The number of aromatic nitrogens is 1. The van der Waals surface area contributed by atoms with Gasteiger partial charge in [-0.2, -0.15) is 0 Å². The molecule has 0 aliphatic carbocycles. The highest BCUT2D eigenvalue weighted by Gasteiger charge is 2.44. The summed E-state index contributed by atoms with van der Waals surface area (Å²) in [5.41, 5.74) is 3.99. The van der Waals surface area contributed by atoms with Gasteiger partial charge in [-0.05, 0) is 69.4 Å². The molecule has 26 heavy (non-hydrogen) atoms. The molecule has 1 aromatic carbocycles. The lowest BCUT2D eigenvalue weighted by atomic mass is 9.80. The Morgan fingerprint density at radius 3 is 2.62 bits per heavy atom. The molecule has 0 spiro atoms. The number of amides is 2. The lowest BCUT2D eigenvalue weighted by molar-refractivity contribution is 0.0173. The minimum atomic E-state index is 0.0433. The molecule has 2 N–H and O–H groups in total. The van der Waals surface area contributed by atoms with Crippen molar-refractivity contribution in [2.24, 2.45) is 0 Å². The third-order valence-electron chi connectivity index (χ3n) is 5.07. The number of anilines is 1. The molecular formula is C21H27N3O2. The lowest BCUT2D eigenvalue weighted by Gasteiger charge is -2.52. The summed E-state index contributed by atoms with van der Waals surface area (Å²) in [4.78, 5) is 19.0. The molecule has 4 rings (SSSR count). The molecule has 1 unspecified atom stereocenters. The molecule has 2 saturated heterocycles. The Bertz CT molecular complexity index is 734. The van der Waals surface area contributed by atoms with E-state index in [9.17, 15) is 4.79 Å². The van der Waals surface area contributed by atoms with Gasteiger partial charge in [0.25, 0.3) is 0 Å². The van der Waals surface area contributed by atoms with Crippen molar-refractivity contribution in [1.29, 1.82) is 0 Å². The van der Waals surface area contributed by atoms with E-state index >= 15 is 0 Å². The quantitative estimate of drug-likeness (QED) is 0.850. The smallest absolute Gasteiger partial charge is 0.322 e. The van der Waals surface area contributed by atoms with Crippen LogP contribution in [0.5, 0.6) is 0 Å². The number of pyridine rings is 1. The van der Waals surface area contributed by atoms with Crippen LogP contribution in [0, 0.1) is 6.92 Å². The molecule has 2 fully saturated rings. The molecule has 2 atom stereocenters. The summed E-state index contributed by atoms with van der Waals surface area (Å²) >= 11 is 0. The molecule has 2 bridgehead atoms. The van der Waals surface area contributed by atoms with E-state index in [1.807, 2.05) is 41.3 Å². The molecule has 2 aromatic rings. The summed E-state index contributed by atoms with van der Waals surface area (Å²) in [6, 6.07) is 12.9. The molecule has 3 heterocycles. The van der Waals surface area contributed by atoms with Crippen LogP contribution in [0.3, 0.4) is 0 Å². The summed E-state index contributed by atoms with van der Waals surface area (Å²) in [7, 11) is 0. The minimum absolute atomic E-state index is 0.0433. The van der Waals surface area contributed by atoms with Crippen LogP contribution in [-0.2, 0) is 0 Å². The number of piperidine rings is 1. The minimum Gasteiger partial charge on any atom is -0.397 e. The van der Waals surface area contributed by atoms with Gasteiger partial charge in [-0.15, -0.1) is 0 Å². The predicted octanol–water partition coefficient (Wildman–Crippen LogP) is 4.21. The van der Waals surface area contributed by atoms with E-state index in [2.05, 4.69) is 17.2 Å². The second kappa shape index (κ2) is 8.32. The number of rotatable bonds is 2. The van der Waals surface area contributed by atoms with Gasteiger partial charge < -0.3 is 15.3 Å². The van der Waals surface area contributed by atoms with Gasteiger partial charge in [0.15, 0.2) is 0 Å². The van der Waals surface area contributed by atoms with Crippen molar-refractivity contribution < 1.29 is 9.90 Å². The van der Waals surface area contributed by atoms with E-state index in [-0.39, 0.29) is 12.6 Å². The van der Waals surface area contributed by atoms with E-state index in [4.69, 9.17) is 5.11 Å². The number of nitrogens with one attached hydrogen (secondary N) is 1. The molecule has 2 aliphatic rings. The van der Waals surface area contributed by atoms with Gasteiger partial charge in [0.1, 0.15) is 0 Å². The first kappa shape index (κ1) is 18.4. The predicted molar refractivity (Wildman–Crippen MR) is 104 cm³/mol. The highest BCUT2D eigenvalue weighted by atomic mass is 16.2. The van der Waals surface area contributed by atoms with Crippen LogP contribution in [0.2, 0.25) is 0 Å². The molecular weight excluding hydrogens is 326 g/mol. The van der Waals surface area contributed by atoms with E-state index < -0.39 is 0 Å². The van der Waals surface area contributed by atoms with Crippen molar-refractivity contribution in [3.63, 3.8) is 0 Å². The highest BCUT2D eigenvalue weighted by molar-refractivity contribution is 5.91. The normalized spacial score (nSPS) is 20.5. The fourth-order valence-electron chi connectivity index (χ4n) is 3.82. The summed E-state index contributed by atoms with van der Waals surface area (Å²) in [5.74, 6) is 0. The fraction of sp³-hybridized carbons (Fsp3) is 0.429. The lowest BCUT2D eigenvalue weighted by Crippen LogP contribution is -2.62. The van der Waals surface area contributed by atoms with Crippen molar-refractivity contribution >= 4 is 11.7 Å². The molecule has 2 amide bonds. The Hall–Kier alpha value is -2.40. The van der Waals surface area contributed by atoms with E-state index in [0.717, 1.165) is 35.3 Å². The Morgan fingerprint density at radius 1 is 1.27 bits per heavy atom. The van der Waals surface area contributed by atoms with Crippen LogP contribution in [0.25, 0.3) is 11.3 Å². The van der Waals surface area contributed by atoms with Crippen LogP contribution in [0.4, 0.5) is 10.5 Å². The summed E-state index contributed by atoms with van der Waals surface area (Å²) < 4.78 is 0. The maximum Gasteiger partial charge on any atom is 0.322 e. The average Bonchev–Trinajstić information content (AvgIpc) is 2.65. The third-order valence-corrected chi connectivity index (χ3v) is 5.07. The summed E-state index contributed by atoms with van der Waals surface area (Å²) in [5, 5.41) is 10.6. The molecule has 2 aliphatic heterocycles. The number of hydrogen-bond acceptors (Lipinski definition) is 3. The number of fused-ring (bicyclic) bond motifs is 2. The van der Waals surface area contributed by atoms with Crippen molar-refractivity contribution in [2.45, 2.75) is 51.6 Å². The average molecular weight is 353 g/mol. The Morgan fingerprint density at radius 2 is 2.00 bits per heavy atom. The van der Waals surface area contributed by atoms with Crippen LogP contribution >= 0.6 is 0 Å². The van der Waals surface area contributed by atoms with Crippen molar-refractivity contribution in [1.82, 2.24) is 9.88 Å². The van der Waals surface area contributed by atoms with Crippen LogP contribution in [0.15, 0.2) is 42.6 Å². The number of carbonyl (C=O) groups is 1. The molecule has 138 valence electrons. The molecule has 5 nitrogen and oxygen atoms in total. The van der Waals surface area contributed by atoms with Gasteiger partial charge in [-0.3, -0.25) is 4.98 Å². The van der Waals surface area contributed by atoms with Gasteiger partial charge in [-0.1, -0.05) is 12.1 Å². The Labute approximate surface area is 155 Å². The van der Waals surface area contributed by atoms with Crippen LogP contribution in [0.1, 0.15) is 38.2 Å². The van der Waals surface area contributed by atoms with Gasteiger partial charge in [0, 0.05) is 36.1 Å². The molecule has 1 aromatic heterocycles. The van der Waals surface area contributed by atoms with E-state index in [1.165, 1.54) is 12.8 Å². The van der Waals surface area contributed by atoms with Crippen molar-refractivity contribution in [3.05, 3.63) is 48.2 Å². The zero-order valence-electron chi connectivity index (χ0n) is 15.5. The first-order valence-corrected chi connectivity index (χ1v) is 9.36. The van der Waals surface area contributed by atoms with Gasteiger partial charge >= 0.3 is 6.03 Å². The molecule has 0 radical (unpaired) electrons. The van der Waals surface area contributed by atoms with Crippen molar-refractivity contribution in [2.75, 3.05) is 11.9 Å². The first-order valence-electron chi connectivity index (χ1n) is 9.36. The second-order valence-electron chi connectivity index (χ2n) is 6.87. The number of urea groups is 1. The zero-order valence-corrected chi connectivity index (χ0v) is 15.5. The fourth-order valence-corrected chi connectivity index (χ4v) is 3.82. The highest BCUT2D eigenvalue weighted by Crippen LogP contribution is 2.38. The second-order valence-corrected chi connectivity index (χ2v) is 6.87. The van der Waals surface area contributed by atoms with Crippen LogP contribution in [-0.4, -0.2) is 39.7 Å². The third kappa shape index (κ3) is 3.88. The monoisotopic (exact) mass is 353 g/mol. The topological polar surface area (TPSA) is 65.5 Å². The van der Waals surface area contributed by atoms with E-state index in [0.29, 0.717) is 12.1 Å². The number of hydrogen-bond donors (Lipinski definition) is 2. The van der Waals surface area contributed by atoms with Crippen molar-refractivity contribution in [3.8, 4) is 11.3 Å². The zero-order chi connectivity index (χ0) is 18.5. The maximum atomic E-state index is 12.5. The largest absolute Gasteiger partial charge is 0.397 e. The standard InChI is InChI=1S/C19H21N3O.C2H6O/c1-13-8-9-14(11-17(13)18-7-2-3-10-20-18)21-19(23)22-15-5-4-6-16(22)12-15;1-2-3/h2-3,7-11,15-16H,4-6,12H2,1H3,(H,21,23);3H,2H2,1H3/t15-,16?;/m1./s1. The number of aryl methyl sites for hydroxylation is 1. The molecule has 5 heteroatoms. The molecule has 0 saturated carbocycles. The first-order chi connectivity index (χ1) is 12.6. The number of benzene rings is 1. The Kier molecular flexibility index (Phi) is 5.89. The summed E-state index contributed by atoms with van der Waals surface area (Å²) in [6.07, 6.45) is 6.53. The van der Waals surface area contributed by atoms with Gasteiger partial charge in [-0.25, -0.2) is 4.79 Å². The Balaban J connectivity index is 0.000000613. The number of carbonyl (C=O) groups excluding carboxylic acids is 1. The number of aliphatic hydroxyl groups excluding tert-OH is 1. The van der Waals surface area contributed by atoms with E-state index in [1.54, 1.807) is 13.1 Å².